The van der Waals surface area contributed by atoms with E-state index in [1.54, 1.807) is 35.3 Å². The zero-order valence-electron chi connectivity index (χ0n) is 10.7. The molecule has 0 aliphatic rings. The first kappa shape index (κ1) is 14.3. The fourth-order valence-electron chi connectivity index (χ4n) is 1.73. The lowest BCUT2D eigenvalue weighted by Gasteiger charge is -2.11. The van der Waals surface area contributed by atoms with Gasteiger partial charge in [0.1, 0.15) is 5.75 Å². The highest BCUT2D eigenvalue weighted by molar-refractivity contribution is 5.56. The lowest BCUT2D eigenvalue weighted by Crippen LogP contribution is -2.06. The van der Waals surface area contributed by atoms with Crippen LogP contribution in [0.5, 0.6) is 5.75 Å². The Morgan fingerprint density at radius 3 is 2.90 bits per heavy atom. The number of ether oxygens (including phenoxy) is 1. The smallest absolute Gasteiger partial charge is 0.387 e. The quantitative estimate of drug-likeness (QED) is 0.817. The number of hydrogen-bond acceptors (Lipinski definition) is 4. The lowest BCUT2D eigenvalue weighted by atomic mass is 10.2. The van der Waals surface area contributed by atoms with Crippen molar-refractivity contribution in [3.05, 3.63) is 42.2 Å². The van der Waals surface area contributed by atoms with Crippen molar-refractivity contribution in [1.82, 2.24) is 9.78 Å². The number of anilines is 1. The first-order valence-electron chi connectivity index (χ1n) is 6.09. The van der Waals surface area contributed by atoms with Gasteiger partial charge in [0, 0.05) is 18.3 Å². The Hall–Kier alpha value is -2.15. The molecule has 0 atom stereocenters. The molecule has 0 radical (unpaired) electrons. The van der Waals surface area contributed by atoms with Gasteiger partial charge in [-0.05, 0) is 12.1 Å². The second-order valence-corrected chi connectivity index (χ2v) is 4.06. The second-order valence-electron chi connectivity index (χ2n) is 4.06. The summed E-state index contributed by atoms with van der Waals surface area (Å²) in [4.78, 5) is 0. The third-order valence-corrected chi connectivity index (χ3v) is 2.60. The molecule has 0 fully saturated rings. The Kier molecular flexibility index (Phi) is 4.89. The van der Waals surface area contributed by atoms with Gasteiger partial charge in [-0.25, -0.2) is 0 Å². The van der Waals surface area contributed by atoms with Gasteiger partial charge in [0.15, 0.2) is 0 Å². The predicted octanol–water partition coefficient (Wildman–Crippen LogP) is 2.09. The summed E-state index contributed by atoms with van der Waals surface area (Å²) >= 11 is 0. The maximum Gasteiger partial charge on any atom is 0.387 e. The number of para-hydroxylation sites is 2. The van der Waals surface area contributed by atoms with Gasteiger partial charge in [-0.1, -0.05) is 12.1 Å². The first-order chi connectivity index (χ1) is 9.69. The highest BCUT2D eigenvalue weighted by Gasteiger charge is 2.09. The summed E-state index contributed by atoms with van der Waals surface area (Å²) in [6.07, 6.45) is 3.43. The van der Waals surface area contributed by atoms with Crippen molar-refractivity contribution in [2.75, 3.05) is 11.9 Å². The monoisotopic (exact) mass is 283 g/mol. The van der Waals surface area contributed by atoms with E-state index in [0.29, 0.717) is 18.8 Å². The highest BCUT2D eigenvalue weighted by Crippen LogP contribution is 2.25. The fraction of sp³-hybridized carbons (Fsp3) is 0.308. The first-order valence-corrected chi connectivity index (χ1v) is 6.09. The van der Waals surface area contributed by atoms with Crippen LogP contribution >= 0.6 is 0 Å². The summed E-state index contributed by atoms with van der Waals surface area (Å²) in [5.74, 6) is 0.102. The SMILES string of the molecule is OCCn1cc(CNc2ccccc2OC(F)F)cn1. The maximum absolute atomic E-state index is 12.3. The number of aromatic nitrogens is 2. The van der Waals surface area contributed by atoms with Crippen molar-refractivity contribution in [3.63, 3.8) is 0 Å². The zero-order chi connectivity index (χ0) is 14.4. The third-order valence-electron chi connectivity index (χ3n) is 2.60. The topological polar surface area (TPSA) is 59.3 Å². The molecule has 1 aromatic heterocycles. The van der Waals surface area contributed by atoms with Crippen molar-refractivity contribution in [2.24, 2.45) is 0 Å². The zero-order valence-corrected chi connectivity index (χ0v) is 10.7. The minimum atomic E-state index is -2.86. The normalized spacial score (nSPS) is 10.8. The predicted molar refractivity (Wildman–Crippen MR) is 69.7 cm³/mol. The lowest BCUT2D eigenvalue weighted by molar-refractivity contribution is -0.0493. The van der Waals surface area contributed by atoms with Gasteiger partial charge in [-0.15, -0.1) is 0 Å². The van der Waals surface area contributed by atoms with Gasteiger partial charge in [0.25, 0.3) is 0 Å². The number of nitrogens with one attached hydrogen (secondary N) is 1. The number of nitrogens with zero attached hydrogens (tertiary/aromatic N) is 2. The van der Waals surface area contributed by atoms with E-state index in [4.69, 9.17) is 5.11 Å². The number of benzene rings is 1. The Morgan fingerprint density at radius 1 is 1.35 bits per heavy atom. The molecule has 1 heterocycles. The van der Waals surface area contributed by atoms with Crippen molar-refractivity contribution < 1.29 is 18.6 Å². The number of halogens is 2. The number of aliphatic hydroxyl groups is 1. The Labute approximate surface area is 114 Å². The van der Waals surface area contributed by atoms with Crippen LogP contribution in [-0.4, -0.2) is 28.1 Å². The van der Waals surface area contributed by atoms with E-state index in [1.165, 1.54) is 6.07 Å². The molecule has 0 aliphatic carbocycles. The molecule has 1 aromatic carbocycles. The van der Waals surface area contributed by atoms with Crippen LogP contribution in [0.4, 0.5) is 14.5 Å². The summed E-state index contributed by atoms with van der Waals surface area (Å²) in [7, 11) is 0. The molecule has 0 saturated heterocycles. The van der Waals surface area contributed by atoms with Gasteiger partial charge in [-0.2, -0.15) is 13.9 Å². The van der Waals surface area contributed by atoms with Crippen LogP contribution in [0.25, 0.3) is 0 Å². The van der Waals surface area contributed by atoms with Crippen LogP contribution in [0.15, 0.2) is 36.7 Å². The molecular formula is C13H15F2N3O2. The number of aliphatic hydroxyl groups excluding tert-OH is 1. The number of alkyl halides is 2. The molecule has 0 bridgehead atoms. The van der Waals surface area contributed by atoms with Crippen LogP contribution in [-0.2, 0) is 13.1 Å². The molecule has 0 saturated carbocycles. The summed E-state index contributed by atoms with van der Waals surface area (Å²) in [6.45, 7) is -2.00. The Bertz CT molecular complexity index is 546. The van der Waals surface area contributed by atoms with E-state index in [0.717, 1.165) is 5.56 Å². The van der Waals surface area contributed by atoms with Gasteiger partial charge in [-0.3, -0.25) is 4.68 Å². The second kappa shape index (κ2) is 6.85. The van der Waals surface area contributed by atoms with E-state index < -0.39 is 6.61 Å². The van der Waals surface area contributed by atoms with Gasteiger partial charge in [0.05, 0.1) is 25.0 Å². The molecule has 5 nitrogen and oxygen atoms in total. The van der Waals surface area contributed by atoms with E-state index in [9.17, 15) is 8.78 Å². The Balaban J connectivity index is 1.99. The molecule has 20 heavy (non-hydrogen) atoms. The van der Waals surface area contributed by atoms with Crippen LogP contribution in [0, 0.1) is 0 Å². The largest absolute Gasteiger partial charge is 0.433 e. The van der Waals surface area contributed by atoms with Crippen LogP contribution in [0.1, 0.15) is 5.56 Å². The molecule has 0 aliphatic heterocycles. The fourth-order valence-corrected chi connectivity index (χ4v) is 1.73. The molecule has 7 heteroatoms. The number of hydrogen-bond donors (Lipinski definition) is 2. The molecule has 108 valence electrons. The molecule has 0 unspecified atom stereocenters. The minimum Gasteiger partial charge on any atom is -0.433 e. The maximum atomic E-state index is 12.3. The Morgan fingerprint density at radius 2 is 2.15 bits per heavy atom. The molecule has 2 aromatic rings. The van der Waals surface area contributed by atoms with E-state index >= 15 is 0 Å². The number of rotatable bonds is 7. The van der Waals surface area contributed by atoms with E-state index in [2.05, 4.69) is 15.2 Å². The van der Waals surface area contributed by atoms with Crippen molar-refractivity contribution in [3.8, 4) is 5.75 Å². The van der Waals surface area contributed by atoms with Crippen LogP contribution in [0.3, 0.4) is 0 Å². The summed E-state index contributed by atoms with van der Waals surface area (Å²) < 4.78 is 30.6. The van der Waals surface area contributed by atoms with Crippen LogP contribution in [0.2, 0.25) is 0 Å². The van der Waals surface area contributed by atoms with Crippen LogP contribution < -0.4 is 10.1 Å². The standard InChI is InChI=1S/C13H15F2N3O2/c14-13(15)20-12-4-2-1-3-11(12)16-7-10-8-17-18(9-10)5-6-19/h1-4,8-9,13,16,19H,5-7H2. The van der Waals surface area contributed by atoms with Gasteiger partial charge in [0.2, 0.25) is 0 Å². The van der Waals surface area contributed by atoms with Crippen molar-refractivity contribution in [1.29, 1.82) is 0 Å². The van der Waals surface area contributed by atoms with Gasteiger partial charge < -0.3 is 15.2 Å². The van der Waals surface area contributed by atoms with E-state index in [-0.39, 0.29) is 12.4 Å². The van der Waals surface area contributed by atoms with Gasteiger partial charge >= 0.3 is 6.61 Å². The summed E-state index contributed by atoms with van der Waals surface area (Å²) in [5.41, 5.74) is 1.37. The third kappa shape index (κ3) is 3.92. The summed E-state index contributed by atoms with van der Waals surface area (Å²) in [6, 6.07) is 6.50. The molecule has 0 spiro atoms. The summed E-state index contributed by atoms with van der Waals surface area (Å²) in [5, 5.41) is 15.9. The average molecular weight is 283 g/mol. The molecule has 2 rings (SSSR count). The molecular weight excluding hydrogens is 268 g/mol. The van der Waals surface area contributed by atoms with E-state index in [1.807, 2.05) is 0 Å². The molecule has 2 N–H and O–H groups in total. The average Bonchev–Trinajstić information content (AvgIpc) is 2.85. The minimum absolute atomic E-state index is 0.0135. The molecule has 0 amide bonds. The van der Waals surface area contributed by atoms with Crippen molar-refractivity contribution in [2.45, 2.75) is 19.7 Å². The van der Waals surface area contributed by atoms with Crippen molar-refractivity contribution >= 4 is 5.69 Å². The highest BCUT2D eigenvalue weighted by atomic mass is 19.3.